The first-order valence-corrected chi connectivity index (χ1v) is 9.51. The summed E-state index contributed by atoms with van der Waals surface area (Å²) in [5.74, 6) is 0.726. The summed E-state index contributed by atoms with van der Waals surface area (Å²) in [6, 6.07) is 4.53. The Labute approximate surface area is 163 Å². The third kappa shape index (κ3) is 3.27. The maximum Gasteiger partial charge on any atom is 0.325 e. The SMILES string of the molecule is C[C@H]1CC(C)(C)C[C@@]2(C1)NC(=O)N(CC(=O)Nc1ccc3c(c1)OCO3)C2=O. The second kappa shape index (κ2) is 6.39. The molecule has 1 saturated carbocycles. The molecule has 1 aromatic carbocycles. The van der Waals surface area contributed by atoms with E-state index >= 15 is 0 Å². The smallest absolute Gasteiger partial charge is 0.325 e. The zero-order chi connectivity index (χ0) is 20.1. The Hall–Kier alpha value is -2.77. The van der Waals surface area contributed by atoms with Crippen LogP contribution in [0.2, 0.25) is 0 Å². The van der Waals surface area contributed by atoms with Crippen LogP contribution in [0.25, 0.3) is 0 Å². The van der Waals surface area contributed by atoms with E-state index in [4.69, 9.17) is 9.47 Å². The molecule has 1 aromatic rings. The zero-order valence-electron chi connectivity index (χ0n) is 16.3. The molecule has 4 rings (SSSR count). The van der Waals surface area contributed by atoms with Crippen LogP contribution >= 0.6 is 0 Å². The molecule has 2 fully saturated rings. The van der Waals surface area contributed by atoms with Crippen molar-refractivity contribution in [3.8, 4) is 11.5 Å². The minimum atomic E-state index is -0.905. The highest BCUT2D eigenvalue weighted by atomic mass is 16.7. The Bertz CT molecular complexity index is 852. The molecule has 0 bridgehead atoms. The van der Waals surface area contributed by atoms with Crippen LogP contribution in [0.5, 0.6) is 11.5 Å². The number of ether oxygens (including phenoxy) is 2. The number of carbonyl (C=O) groups excluding carboxylic acids is 3. The van der Waals surface area contributed by atoms with Crippen LogP contribution in [0.4, 0.5) is 10.5 Å². The fourth-order valence-corrected chi connectivity index (χ4v) is 4.97. The number of anilines is 1. The van der Waals surface area contributed by atoms with E-state index < -0.39 is 17.5 Å². The number of urea groups is 1. The summed E-state index contributed by atoms with van der Waals surface area (Å²) in [4.78, 5) is 39.1. The topological polar surface area (TPSA) is 97.0 Å². The zero-order valence-corrected chi connectivity index (χ0v) is 16.3. The molecular formula is C20H25N3O5. The van der Waals surface area contributed by atoms with Gasteiger partial charge in [0.2, 0.25) is 12.7 Å². The van der Waals surface area contributed by atoms with Gasteiger partial charge in [-0.2, -0.15) is 0 Å². The molecule has 3 aliphatic rings. The van der Waals surface area contributed by atoms with E-state index in [2.05, 4.69) is 31.4 Å². The molecule has 0 radical (unpaired) electrons. The van der Waals surface area contributed by atoms with Crippen LogP contribution < -0.4 is 20.1 Å². The summed E-state index contributed by atoms with van der Waals surface area (Å²) in [7, 11) is 0. The van der Waals surface area contributed by atoms with Gasteiger partial charge < -0.3 is 20.1 Å². The standard InChI is InChI=1S/C20H25N3O5/c1-12-7-19(2,3)10-20(8-12)17(25)23(18(26)22-20)9-16(24)21-13-4-5-14-15(6-13)28-11-27-14/h4-6,12H,7-11H2,1-3H3,(H,21,24)(H,22,26)/t12-,20+/m0/s1. The number of nitrogens with one attached hydrogen (secondary N) is 2. The van der Waals surface area contributed by atoms with Crippen molar-refractivity contribution < 1.29 is 23.9 Å². The van der Waals surface area contributed by atoms with Gasteiger partial charge in [0.1, 0.15) is 12.1 Å². The van der Waals surface area contributed by atoms with Crippen LogP contribution in [0, 0.1) is 11.3 Å². The summed E-state index contributed by atoms with van der Waals surface area (Å²) in [6.45, 7) is 6.14. The van der Waals surface area contributed by atoms with Gasteiger partial charge in [-0.05, 0) is 42.7 Å². The monoisotopic (exact) mass is 387 g/mol. The average Bonchev–Trinajstić information content (AvgIpc) is 3.11. The Kier molecular flexibility index (Phi) is 4.24. The average molecular weight is 387 g/mol. The summed E-state index contributed by atoms with van der Waals surface area (Å²) < 4.78 is 10.5. The maximum atomic E-state index is 13.1. The van der Waals surface area contributed by atoms with Gasteiger partial charge in [-0.15, -0.1) is 0 Å². The lowest BCUT2D eigenvalue weighted by Crippen LogP contribution is -2.54. The molecule has 2 aliphatic heterocycles. The normalized spacial score (nSPS) is 27.8. The molecule has 0 unspecified atom stereocenters. The molecule has 2 N–H and O–H groups in total. The van der Waals surface area contributed by atoms with E-state index in [1.807, 2.05) is 0 Å². The van der Waals surface area contributed by atoms with Gasteiger partial charge in [0, 0.05) is 11.8 Å². The van der Waals surface area contributed by atoms with E-state index in [-0.39, 0.29) is 24.7 Å². The van der Waals surface area contributed by atoms with Crippen molar-refractivity contribution in [1.29, 1.82) is 0 Å². The van der Waals surface area contributed by atoms with Crippen LogP contribution in [-0.2, 0) is 9.59 Å². The molecule has 8 nitrogen and oxygen atoms in total. The number of hydrogen-bond donors (Lipinski definition) is 2. The molecule has 8 heteroatoms. The van der Waals surface area contributed by atoms with Crippen LogP contribution in [0.15, 0.2) is 18.2 Å². The summed E-state index contributed by atoms with van der Waals surface area (Å²) in [5.41, 5.74) is -0.439. The number of benzene rings is 1. The van der Waals surface area contributed by atoms with Crippen molar-refractivity contribution in [2.45, 2.75) is 45.6 Å². The van der Waals surface area contributed by atoms with E-state index in [0.717, 1.165) is 11.3 Å². The molecule has 150 valence electrons. The van der Waals surface area contributed by atoms with Crippen LogP contribution in [-0.4, -0.2) is 41.6 Å². The molecule has 2 atom stereocenters. The lowest BCUT2D eigenvalue weighted by molar-refractivity contribution is -0.136. The maximum absolute atomic E-state index is 13.1. The Morgan fingerprint density at radius 1 is 1.25 bits per heavy atom. The number of carbonyl (C=O) groups is 3. The van der Waals surface area contributed by atoms with Crippen LogP contribution in [0.1, 0.15) is 40.0 Å². The number of imide groups is 1. The van der Waals surface area contributed by atoms with E-state index in [9.17, 15) is 14.4 Å². The first-order valence-electron chi connectivity index (χ1n) is 9.51. The molecular weight excluding hydrogens is 362 g/mol. The molecule has 1 spiro atoms. The number of rotatable bonds is 3. The minimum absolute atomic E-state index is 0.0502. The molecule has 1 saturated heterocycles. The van der Waals surface area contributed by atoms with Gasteiger partial charge in [0.25, 0.3) is 5.91 Å². The lowest BCUT2D eigenvalue weighted by atomic mass is 9.64. The molecule has 1 aliphatic carbocycles. The predicted octanol–water partition coefficient (Wildman–Crippen LogP) is 2.49. The fraction of sp³-hybridized carbons (Fsp3) is 0.550. The Morgan fingerprint density at radius 2 is 2.00 bits per heavy atom. The van der Waals surface area contributed by atoms with Crippen molar-refractivity contribution in [1.82, 2.24) is 10.2 Å². The van der Waals surface area contributed by atoms with Gasteiger partial charge in [-0.1, -0.05) is 20.8 Å². The van der Waals surface area contributed by atoms with Gasteiger partial charge >= 0.3 is 6.03 Å². The molecule has 2 heterocycles. The highest BCUT2D eigenvalue weighted by molar-refractivity contribution is 6.10. The van der Waals surface area contributed by atoms with E-state index in [1.54, 1.807) is 18.2 Å². The first kappa shape index (κ1) is 18.6. The third-order valence-electron chi connectivity index (χ3n) is 5.58. The number of hydrogen-bond acceptors (Lipinski definition) is 5. The van der Waals surface area contributed by atoms with Gasteiger partial charge in [-0.25, -0.2) is 4.79 Å². The fourth-order valence-electron chi connectivity index (χ4n) is 4.97. The molecule has 0 aromatic heterocycles. The second-order valence-corrected chi connectivity index (χ2v) is 8.87. The Morgan fingerprint density at radius 3 is 2.75 bits per heavy atom. The summed E-state index contributed by atoms with van der Waals surface area (Å²) in [5, 5.41) is 5.59. The number of nitrogens with zero attached hydrogens (tertiary/aromatic N) is 1. The van der Waals surface area contributed by atoms with Crippen molar-refractivity contribution in [2.75, 3.05) is 18.7 Å². The first-order chi connectivity index (χ1) is 13.2. The number of amides is 4. The summed E-state index contributed by atoms with van der Waals surface area (Å²) in [6.07, 6.45) is 2.18. The predicted molar refractivity (Wildman–Crippen MR) is 101 cm³/mol. The Balaban J connectivity index is 1.45. The van der Waals surface area contributed by atoms with Crippen molar-refractivity contribution in [3.63, 3.8) is 0 Å². The molecule has 28 heavy (non-hydrogen) atoms. The van der Waals surface area contributed by atoms with Gasteiger partial charge in [-0.3, -0.25) is 14.5 Å². The second-order valence-electron chi connectivity index (χ2n) is 8.87. The van der Waals surface area contributed by atoms with Gasteiger partial charge in [0.05, 0.1) is 0 Å². The minimum Gasteiger partial charge on any atom is -0.454 e. The largest absolute Gasteiger partial charge is 0.454 e. The van der Waals surface area contributed by atoms with E-state index in [0.29, 0.717) is 35.9 Å². The highest BCUT2D eigenvalue weighted by Crippen LogP contribution is 2.46. The highest BCUT2D eigenvalue weighted by Gasteiger charge is 2.56. The lowest BCUT2D eigenvalue weighted by Gasteiger charge is -2.43. The van der Waals surface area contributed by atoms with Crippen molar-refractivity contribution in [3.05, 3.63) is 18.2 Å². The summed E-state index contributed by atoms with van der Waals surface area (Å²) >= 11 is 0. The van der Waals surface area contributed by atoms with Gasteiger partial charge in [0.15, 0.2) is 11.5 Å². The third-order valence-corrected chi connectivity index (χ3v) is 5.58. The van der Waals surface area contributed by atoms with Crippen molar-refractivity contribution >= 4 is 23.5 Å². The molecule has 4 amide bonds. The quantitative estimate of drug-likeness (QED) is 0.777. The van der Waals surface area contributed by atoms with Crippen LogP contribution in [0.3, 0.4) is 0 Å². The van der Waals surface area contributed by atoms with Crippen molar-refractivity contribution in [2.24, 2.45) is 11.3 Å². The number of fused-ring (bicyclic) bond motifs is 1. The van der Waals surface area contributed by atoms with E-state index in [1.165, 1.54) is 0 Å².